The quantitative estimate of drug-likeness (QED) is 0.158. The van der Waals surface area contributed by atoms with E-state index in [9.17, 15) is 0 Å². The molecule has 0 saturated heterocycles. The summed E-state index contributed by atoms with van der Waals surface area (Å²) >= 11 is 0. The third-order valence-corrected chi connectivity index (χ3v) is 11.4. The molecular formula is C56H36N2. The van der Waals surface area contributed by atoms with Gasteiger partial charge in [0.25, 0.3) is 0 Å². The summed E-state index contributed by atoms with van der Waals surface area (Å²) in [7, 11) is 0. The van der Waals surface area contributed by atoms with Crippen LogP contribution in [0.5, 0.6) is 0 Å². The van der Waals surface area contributed by atoms with Crippen molar-refractivity contribution >= 4 is 60.4 Å². The standard InChI is InChI=1S/C56H36N2/c1-3-19-45(20-4-1)57(47-35-33-40(34-36-47)39-29-31-42(32-30-39)50-27-14-17-41-15-7-9-24-49(41)50)48-23-13-18-44(37-48)55-51-25-10-8-16-43(51)38-54-56(55)52-26-11-12-28-53(52)58(54)46-21-5-2-6-22-46/h1-8,10-23,25-38H. The SMILES string of the molecule is c1ccc2cccc(-c3ccc(-c4ccc(N(c5ccccc5)c5cccc(-c6c7ccccc7cc7c6c6ccccc6n7-c6ccccc6)c5)cc4)cc3)c2c#1. The first-order valence-corrected chi connectivity index (χ1v) is 19.8. The summed E-state index contributed by atoms with van der Waals surface area (Å²) in [6, 6.07) is 85.1. The summed E-state index contributed by atoms with van der Waals surface area (Å²) in [5, 5.41) is 7.22. The third-order valence-electron chi connectivity index (χ3n) is 11.4. The minimum Gasteiger partial charge on any atom is -0.310 e. The van der Waals surface area contributed by atoms with Gasteiger partial charge in [0.15, 0.2) is 0 Å². The molecule has 0 radical (unpaired) electrons. The molecular weight excluding hydrogens is 701 g/mol. The highest BCUT2D eigenvalue weighted by molar-refractivity contribution is 6.23. The lowest BCUT2D eigenvalue weighted by Gasteiger charge is -2.26. The van der Waals surface area contributed by atoms with E-state index in [0.717, 1.165) is 28.1 Å². The van der Waals surface area contributed by atoms with Crippen molar-refractivity contribution in [3.8, 4) is 39.1 Å². The maximum Gasteiger partial charge on any atom is 0.0553 e. The smallest absolute Gasteiger partial charge is 0.0553 e. The van der Waals surface area contributed by atoms with Gasteiger partial charge in [0.1, 0.15) is 0 Å². The highest BCUT2D eigenvalue weighted by Crippen LogP contribution is 2.45. The highest BCUT2D eigenvalue weighted by atomic mass is 15.1. The van der Waals surface area contributed by atoms with Crippen molar-refractivity contribution in [2.24, 2.45) is 0 Å². The van der Waals surface area contributed by atoms with Crippen LogP contribution in [-0.4, -0.2) is 4.57 Å². The second-order valence-corrected chi connectivity index (χ2v) is 14.8. The van der Waals surface area contributed by atoms with E-state index in [-0.39, 0.29) is 0 Å². The van der Waals surface area contributed by atoms with Crippen LogP contribution in [-0.2, 0) is 0 Å². The van der Waals surface area contributed by atoms with Crippen molar-refractivity contribution in [2.45, 2.75) is 0 Å². The molecule has 0 amide bonds. The highest BCUT2D eigenvalue weighted by Gasteiger charge is 2.20. The van der Waals surface area contributed by atoms with Gasteiger partial charge in [0.2, 0.25) is 0 Å². The summed E-state index contributed by atoms with van der Waals surface area (Å²) in [4.78, 5) is 2.36. The van der Waals surface area contributed by atoms with Gasteiger partial charge in [-0.3, -0.25) is 0 Å². The topological polar surface area (TPSA) is 8.17 Å². The van der Waals surface area contributed by atoms with Gasteiger partial charge in [0.05, 0.1) is 11.0 Å². The van der Waals surface area contributed by atoms with E-state index in [0.29, 0.717) is 0 Å². The molecule has 1 aromatic heterocycles. The van der Waals surface area contributed by atoms with E-state index >= 15 is 0 Å². The first-order chi connectivity index (χ1) is 28.8. The zero-order chi connectivity index (χ0) is 38.4. The maximum absolute atomic E-state index is 3.32. The summed E-state index contributed by atoms with van der Waals surface area (Å²) in [6.07, 6.45) is 0. The van der Waals surface area contributed by atoms with E-state index in [1.807, 2.05) is 6.07 Å². The zero-order valence-corrected chi connectivity index (χ0v) is 31.7. The van der Waals surface area contributed by atoms with Crippen LogP contribution < -0.4 is 4.90 Å². The van der Waals surface area contributed by atoms with Crippen LogP contribution in [0, 0.1) is 12.1 Å². The van der Waals surface area contributed by atoms with Crippen LogP contribution in [0.15, 0.2) is 218 Å². The van der Waals surface area contributed by atoms with E-state index in [1.54, 1.807) is 0 Å². The molecule has 2 heteroatoms. The van der Waals surface area contributed by atoms with Crippen LogP contribution in [0.4, 0.5) is 17.1 Å². The van der Waals surface area contributed by atoms with Gasteiger partial charge in [-0.1, -0.05) is 158 Å². The lowest BCUT2D eigenvalue weighted by Crippen LogP contribution is -2.09. The molecule has 11 rings (SSSR count). The van der Waals surface area contributed by atoms with Crippen molar-refractivity contribution < 1.29 is 0 Å². The summed E-state index contributed by atoms with van der Waals surface area (Å²) in [5.74, 6) is 0. The summed E-state index contributed by atoms with van der Waals surface area (Å²) in [5.41, 5.74) is 13.9. The Morgan fingerprint density at radius 3 is 1.83 bits per heavy atom. The summed E-state index contributed by atoms with van der Waals surface area (Å²) < 4.78 is 2.41. The number of hydrogen-bond donors (Lipinski definition) is 0. The molecule has 0 N–H and O–H groups in total. The number of rotatable bonds is 7. The third kappa shape index (κ3) is 5.69. The minimum absolute atomic E-state index is 1.09. The van der Waals surface area contributed by atoms with E-state index < -0.39 is 0 Å². The number of aromatic nitrogens is 1. The summed E-state index contributed by atoms with van der Waals surface area (Å²) in [6.45, 7) is 0. The molecule has 0 saturated carbocycles. The normalized spacial score (nSPS) is 11.3. The molecule has 270 valence electrons. The molecule has 0 aliphatic carbocycles. The monoisotopic (exact) mass is 736 g/mol. The number of anilines is 3. The molecule has 10 aromatic carbocycles. The van der Waals surface area contributed by atoms with Gasteiger partial charge < -0.3 is 9.47 Å². The number of nitrogens with zero attached hydrogens (tertiary/aromatic N) is 2. The lowest BCUT2D eigenvalue weighted by atomic mass is 9.93. The van der Waals surface area contributed by atoms with E-state index in [2.05, 4.69) is 234 Å². The minimum atomic E-state index is 1.09. The van der Waals surface area contributed by atoms with Crippen LogP contribution in [0.2, 0.25) is 0 Å². The molecule has 2 nitrogen and oxygen atoms in total. The Bertz CT molecular complexity index is 3250. The van der Waals surface area contributed by atoms with Crippen molar-refractivity contribution in [2.75, 3.05) is 4.90 Å². The average molecular weight is 737 g/mol. The number of benzene rings is 9. The second kappa shape index (κ2) is 14.0. The Hall–Kier alpha value is -7.86. The number of fused-ring (bicyclic) bond motifs is 5. The Morgan fingerprint density at radius 2 is 1.02 bits per heavy atom. The predicted molar refractivity (Wildman–Crippen MR) is 244 cm³/mol. The lowest BCUT2D eigenvalue weighted by molar-refractivity contribution is 1.18. The molecule has 0 aliphatic heterocycles. The van der Waals surface area contributed by atoms with Gasteiger partial charge in [-0.25, -0.2) is 0 Å². The van der Waals surface area contributed by atoms with Gasteiger partial charge >= 0.3 is 0 Å². The number of hydrogen-bond acceptors (Lipinski definition) is 1. The van der Waals surface area contributed by atoms with Crippen molar-refractivity contribution in [1.29, 1.82) is 0 Å². The first kappa shape index (κ1) is 33.5. The Labute approximate surface area is 338 Å². The van der Waals surface area contributed by atoms with Gasteiger partial charge in [-0.15, -0.1) is 0 Å². The van der Waals surface area contributed by atoms with E-state index in [4.69, 9.17) is 0 Å². The molecule has 1 heterocycles. The maximum atomic E-state index is 3.32. The predicted octanol–water partition coefficient (Wildman–Crippen LogP) is 15.2. The molecule has 11 aromatic rings. The zero-order valence-electron chi connectivity index (χ0n) is 31.7. The molecule has 58 heavy (non-hydrogen) atoms. The second-order valence-electron chi connectivity index (χ2n) is 14.8. The molecule has 0 fully saturated rings. The molecule has 0 atom stereocenters. The Balaban J connectivity index is 1.03. The number of para-hydroxylation sites is 3. The van der Waals surface area contributed by atoms with Crippen molar-refractivity contribution in [3.63, 3.8) is 0 Å². The Morgan fingerprint density at radius 1 is 0.397 bits per heavy atom. The van der Waals surface area contributed by atoms with Gasteiger partial charge in [-0.2, -0.15) is 0 Å². The van der Waals surface area contributed by atoms with Crippen LogP contribution in [0.3, 0.4) is 0 Å². The fraction of sp³-hybridized carbons (Fsp3) is 0. The molecule has 0 bridgehead atoms. The largest absolute Gasteiger partial charge is 0.310 e. The fourth-order valence-corrected chi connectivity index (χ4v) is 8.75. The Kier molecular flexibility index (Phi) is 8.09. The average Bonchev–Trinajstić information content (AvgIpc) is 3.63. The van der Waals surface area contributed by atoms with E-state index in [1.165, 1.54) is 71.3 Å². The van der Waals surface area contributed by atoms with Crippen molar-refractivity contribution in [3.05, 3.63) is 231 Å². The van der Waals surface area contributed by atoms with Crippen LogP contribution >= 0.6 is 0 Å². The molecule has 0 unspecified atom stereocenters. The first-order valence-electron chi connectivity index (χ1n) is 19.8. The van der Waals surface area contributed by atoms with Crippen LogP contribution in [0.1, 0.15) is 0 Å². The van der Waals surface area contributed by atoms with Crippen LogP contribution in [0.25, 0.3) is 82.4 Å². The molecule has 0 aliphatic rings. The molecule has 0 spiro atoms. The van der Waals surface area contributed by atoms with Crippen molar-refractivity contribution in [1.82, 2.24) is 4.57 Å². The fourth-order valence-electron chi connectivity index (χ4n) is 8.75. The van der Waals surface area contributed by atoms with Gasteiger partial charge in [0, 0.05) is 38.9 Å². The van der Waals surface area contributed by atoms with Gasteiger partial charge in [-0.05, 0) is 122 Å².